The van der Waals surface area contributed by atoms with E-state index in [-0.39, 0.29) is 6.54 Å². The Labute approximate surface area is 127 Å². The largest absolute Gasteiger partial charge is 0.480 e. The topological polar surface area (TPSA) is 66.3 Å². The number of aliphatic carboxylic acids is 1. The van der Waals surface area contributed by atoms with Gasteiger partial charge in [-0.05, 0) is 37.7 Å². The van der Waals surface area contributed by atoms with E-state index in [0.717, 1.165) is 35.3 Å². The predicted octanol–water partition coefficient (Wildman–Crippen LogP) is 2.87. The highest BCUT2D eigenvalue weighted by Crippen LogP contribution is 2.39. The molecule has 0 unspecified atom stereocenters. The van der Waals surface area contributed by atoms with Crippen molar-refractivity contribution >= 4 is 33.3 Å². The number of carbonyl (C=O) groups is 1. The van der Waals surface area contributed by atoms with Gasteiger partial charge in [-0.25, -0.2) is 9.97 Å². The molecule has 0 saturated carbocycles. The second kappa shape index (κ2) is 5.97. The summed E-state index contributed by atoms with van der Waals surface area (Å²) in [5.74, 6) is -0.0250. The summed E-state index contributed by atoms with van der Waals surface area (Å²) < 4.78 is 0. The highest BCUT2D eigenvalue weighted by atomic mass is 32.1. The lowest BCUT2D eigenvalue weighted by Gasteiger charge is -2.22. The Bertz CT molecular complexity index is 668. The van der Waals surface area contributed by atoms with Gasteiger partial charge < -0.3 is 10.0 Å². The van der Waals surface area contributed by atoms with Gasteiger partial charge in [-0.2, -0.15) is 0 Å². The van der Waals surface area contributed by atoms with Crippen LogP contribution in [0.3, 0.4) is 0 Å². The molecule has 2 aromatic heterocycles. The van der Waals surface area contributed by atoms with Crippen LogP contribution in [0, 0.1) is 0 Å². The van der Waals surface area contributed by atoms with Gasteiger partial charge in [0.2, 0.25) is 0 Å². The molecule has 112 valence electrons. The van der Waals surface area contributed by atoms with E-state index in [0.29, 0.717) is 6.54 Å². The maximum atomic E-state index is 11.1. The molecule has 2 heterocycles. The molecule has 1 N–H and O–H groups in total. The Balaban J connectivity index is 2.11. The van der Waals surface area contributed by atoms with Crippen LogP contribution in [0.2, 0.25) is 0 Å². The zero-order chi connectivity index (χ0) is 14.8. The minimum absolute atomic E-state index is 0.00935. The third-order valence-electron chi connectivity index (χ3n) is 3.85. The molecule has 0 saturated heterocycles. The van der Waals surface area contributed by atoms with Crippen LogP contribution in [0.25, 0.3) is 10.2 Å². The zero-order valence-corrected chi connectivity index (χ0v) is 12.9. The van der Waals surface area contributed by atoms with Crippen LogP contribution in [-0.2, 0) is 17.6 Å². The van der Waals surface area contributed by atoms with Gasteiger partial charge in [0.25, 0.3) is 0 Å². The van der Waals surface area contributed by atoms with E-state index in [1.807, 2.05) is 4.90 Å². The molecule has 6 heteroatoms. The first-order valence-electron chi connectivity index (χ1n) is 7.42. The average Bonchev–Trinajstić information content (AvgIpc) is 2.85. The van der Waals surface area contributed by atoms with Crippen LogP contribution in [0.4, 0.5) is 5.82 Å². The molecule has 5 nitrogen and oxygen atoms in total. The highest BCUT2D eigenvalue weighted by molar-refractivity contribution is 7.19. The molecule has 1 aliphatic carbocycles. The molecule has 0 fully saturated rings. The summed E-state index contributed by atoms with van der Waals surface area (Å²) in [6.07, 6.45) is 7.05. The van der Waals surface area contributed by atoms with Crippen LogP contribution in [0.15, 0.2) is 6.33 Å². The van der Waals surface area contributed by atoms with E-state index in [9.17, 15) is 4.79 Å². The number of hydrogen-bond acceptors (Lipinski definition) is 5. The number of aromatic nitrogens is 2. The fourth-order valence-electron chi connectivity index (χ4n) is 3.01. The van der Waals surface area contributed by atoms with Gasteiger partial charge in [-0.15, -0.1) is 11.3 Å². The Morgan fingerprint density at radius 1 is 1.38 bits per heavy atom. The molecule has 0 amide bonds. The first-order chi connectivity index (χ1) is 10.2. The number of rotatable bonds is 5. The summed E-state index contributed by atoms with van der Waals surface area (Å²) in [4.78, 5) is 24.2. The number of carboxylic acids is 1. The third kappa shape index (κ3) is 2.72. The van der Waals surface area contributed by atoms with Gasteiger partial charge in [-0.1, -0.05) is 6.92 Å². The molecule has 3 rings (SSSR count). The molecule has 0 bridgehead atoms. The second-order valence-electron chi connectivity index (χ2n) is 5.40. The van der Waals surface area contributed by atoms with Crippen molar-refractivity contribution in [1.82, 2.24) is 9.97 Å². The average molecular weight is 305 g/mol. The minimum atomic E-state index is -0.820. The SMILES string of the molecule is CCCN(CC(=O)O)c1ncnc2sc3c(c12)CCCC3. The quantitative estimate of drug-likeness (QED) is 0.920. The molecule has 0 aromatic carbocycles. The van der Waals surface area contributed by atoms with Crippen LogP contribution in [0.1, 0.15) is 36.6 Å². The van der Waals surface area contributed by atoms with Crippen molar-refractivity contribution in [2.75, 3.05) is 18.0 Å². The molecular formula is C15H19N3O2S. The van der Waals surface area contributed by atoms with Gasteiger partial charge in [0, 0.05) is 11.4 Å². The van der Waals surface area contributed by atoms with E-state index in [1.54, 1.807) is 17.7 Å². The molecule has 2 aromatic rings. The number of anilines is 1. The summed E-state index contributed by atoms with van der Waals surface area (Å²) in [5, 5.41) is 10.2. The lowest BCUT2D eigenvalue weighted by molar-refractivity contribution is -0.135. The van der Waals surface area contributed by atoms with E-state index >= 15 is 0 Å². The highest BCUT2D eigenvalue weighted by Gasteiger charge is 2.23. The smallest absolute Gasteiger partial charge is 0.323 e. The van der Waals surface area contributed by atoms with Crippen LogP contribution < -0.4 is 4.90 Å². The van der Waals surface area contributed by atoms with Crippen molar-refractivity contribution in [2.24, 2.45) is 0 Å². The van der Waals surface area contributed by atoms with Gasteiger partial charge in [0.1, 0.15) is 23.5 Å². The normalized spacial score (nSPS) is 14.1. The van der Waals surface area contributed by atoms with Gasteiger partial charge in [0.05, 0.1) is 5.39 Å². The third-order valence-corrected chi connectivity index (χ3v) is 5.05. The first-order valence-corrected chi connectivity index (χ1v) is 8.24. The van der Waals surface area contributed by atoms with Crippen LogP contribution >= 0.6 is 11.3 Å². The lowest BCUT2D eigenvalue weighted by atomic mass is 9.97. The molecule has 21 heavy (non-hydrogen) atoms. The van der Waals surface area contributed by atoms with E-state index in [2.05, 4.69) is 16.9 Å². The fraction of sp³-hybridized carbons (Fsp3) is 0.533. The van der Waals surface area contributed by atoms with Crippen molar-refractivity contribution in [1.29, 1.82) is 0 Å². The van der Waals surface area contributed by atoms with Crippen molar-refractivity contribution in [3.8, 4) is 0 Å². The lowest BCUT2D eigenvalue weighted by Crippen LogP contribution is -2.31. The summed E-state index contributed by atoms with van der Waals surface area (Å²) in [6, 6.07) is 0. The Hall–Kier alpha value is -1.69. The Kier molecular flexibility index (Phi) is 4.05. The van der Waals surface area contributed by atoms with Crippen molar-refractivity contribution in [3.05, 3.63) is 16.8 Å². The van der Waals surface area contributed by atoms with Crippen molar-refractivity contribution < 1.29 is 9.90 Å². The van der Waals surface area contributed by atoms with E-state index < -0.39 is 5.97 Å². The molecule has 0 radical (unpaired) electrons. The fourth-order valence-corrected chi connectivity index (χ4v) is 4.23. The van der Waals surface area contributed by atoms with E-state index in [1.165, 1.54) is 23.3 Å². The number of aryl methyl sites for hydroxylation is 2. The zero-order valence-electron chi connectivity index (χ0n) is 12.1. The van der Waals surface area contributed by atoms with Crippen molar-refractivity contribution in [2.45, 2.75) is 39.0 Å². The monoisotopic (exact) mass is 305 g/mol. The Morgan fingerprint density at radius 3 is 2.95 bits per heavy atom. The first kappa shape index (κ1) is 14.3. The Morgan fingerprint density at radius 2 is 2.19 bits per heavy atom. The maximum Gasteiger partial charge on any atom is 0.323 e. The second-order valence-corrected chi connectivity index (χ2v) is 6.49. The minimum Gasteiger partial charge on any atom is -0.480 e. The van der Waals surface area contributed by atoms with Crippen molar-refractivity contribution in [3.63, 3.8) is 0 Å². The summed E-state index contributed by atoms with van der Waals surface area (Å²) >= 11 is 1.74. The maximum absolute atomic E-state index is 11.1. The standard InChI is InChI=1S/C15H19N3O2S/c1-2-7-18(8-12(19)20)14-13-10-5-3-4-6-11(10)21-15(13)17-9-16-14/h9H,2-8H2,1H3,(H,19,20). The van der Waals surface area contributed by atoms with Crippen LogP contribution in [0.5, 0.6) is 0 Å². The van der Waals surface area contributed by atoms with Gasteiger partial charge >= 0.3 is 5.97 Å². The van der Waals surface area contributed by atoms with E-state index in [4.69, 9.17) is 5.11 Å². The molecule has 0 aliphatic heterocycles. The number of fused-ring (bicyclic) bond motifs is 3. The predicted molar refractivity (Wildman–Crippen MR) is 84.2 cm³/mol. The number of carboxylic acid groups (broad SMARTS) is 1. The molecular weight excluding hydrogens is 286 g/mol. The summed E-state index contributed by atoms with van der Waals surface area (Å²) in [7, 11) is 0. The van der Waals surface area contributed by atoms with Gasteiger partial charge in [-0.3, -0.25) is 4.79 Å². The molecule has 1 aliphatic rings. The molecule has 0 atom stereocenters. The molecule has 0 spiro atoms. The van der Waals surface area contributed by atoms with Gasteiger partial charge in [0.15, 0.2) is 0 Å². The number of thiophene rings is 1. The summed E-state index contributed by atoms with van der Waals surface area (Å²) in [5.41, 5.74) is 1.35. The van der Waals surface area contributed by atoms with Crippen LogP contribution in [-0.4, -0.2) is 34.1 Å². The number of hydrogen-bond donors (Lipinski definition) is 1. The number of nitrogens with zero attached hydrogens (tertiary/aromatic N) is 3. The summed E-state index contributed by atoms with van der Waals surface area (Å²) in [6.45, 7) is 2.74.